The molecule has 8 atom stereocenters. The maximum absolute atomic E-state index is 11.2. The number of carbonyl (C=O) groups is 1. The standard InChI is InChI=1S/C28H45ClO2/c1-18(2)7-6-8-19(3)23-11-12-24-22-10-9-20-17-21(31-26(29)30)13-15-27(20,4)25(22)14-16-28(23,24)5/h9,18-19,21-25H,6-8,10-17H2,1-5H3/t19-,21-,22+,23-,24-,25+,27+,28-/m1/s1. The molecular weight excluding hydrogens is 404 g/mol. The summed E-state index contributed by atoms with van der Waals surface area (Å²) in [5, 5.41) is 0. The Hall–Kier alpha value is -0.500. The summed E-state index contributed by atoms with van der Waals surface area (Å²) in [6.45, 7) is 12.5. The number of allylic oxidation sites excluding steroid dienone is 1. The van der Waals surface area contributed by atoms with Crippen molar-refractivity contribution in [2.75, 3.05) is 0 Å². The van der Waals surface area contributed by atoms with Gasteiger partial charge < -0.3 is 4.74 Å². The number of hydrogen-bond acceptors (Lipinski definition) is 2. The maximum atomic E-state index is 11.2. The molecule has 0 aromatic heterocycles. The van der Waals surface area contributed by atoms with Crippen LogP contribution in [0.25, 0.3) is 0 Å². The van der Waals surface area contributed by atoms with Crippen molar-refractivity contribution in [3.63, 3.8) is 0 Å². The van der Waals surface area contributed by atoms with Gasteiger partial charge in [-0.25, -0.2) is 4.79 Å². The highest BCUT2D eigenvalue weighted by atomic mass is 35.5. The smallest absolute Gasteiger partial charge is 0.404 e. The van der Waals surface area contributed by atoms with Gasteiger partial charge in [0.05, 0.1) is 0 Å². The Morgan fingerprint density at radius 1 is 1.10 bits per heavy atom. The van der Waals surface area contributed by atoms with E-state index in [0.29, 0.717) is 10.8 Å². The van der Waals surface area contributed by atoms with Crippen LogP contribution in [0.15, 0.2) is 11.6 Å². The van der Waals surface area contributed by atoms with Crippen molar-refractivity contribution in [2.24, 2.45) is 46.3 Å². The highest BCUT2D eigenvalue weighted by Crippen LogP contribution is 2.67. The molecule has 0 heterocycles. The van der Waals surface area contributed by atoms with Gasteiger partial charge in [-0.1, -0.05) is 65.5 Å². The molecule has 0 amide bonds. The van der Waals surface area contributed by atoms with Crippen LogP contribution in [0.2, 0.25) is 0 Å². The lowest BCUT2D eigenvalue weighted by Gasteiger charge is -2.58. The fourth-order valence-corrected chi connectivity index (χ4v) is 9.01. The van der Waals surface area contributed by atoms with E-state index in [-0.39, 0.29) is 6.10 Å². The minimum absolute atomic E-state index is 0.0164. The summed E-state index contributed by atoms with van der Waals surface area (Å²) in [6, 6.07) is 0. The molecular formula is C28H45ClO2. The number of carbonyl (C=O) groups excluding carboxylic acids is 1. The fourth-order valence-electron chi connectivity index (χ4n) is 8.88. The van der Waals surface area contributed by atoms with Crippen LogP contribution in [0, 0.1) is 46.3 Å². The van der Waals surface area contributed by atoms with Gasteiger partial charge in [0.1, 0.15) is 6.10 Å². The van der Waals surface area contributed by atoms with Crippen LogP contribution in [-0.2, 0) is 4.74 Å². The summed E-state index contributed by atoms with van der Waals surface area (Å²) >= 11 is 5.51. The lowest BCUT2D eigenvalue weighted by atomic mass is 9.47. The number of fused-ring (bicyclic) bond motifs is 5. The molecule has 176 valence electrons. The van der Waals surface area contributed by atoms with Gasteiger partial charge in [0.25, 0.3) is 0 Å². The van der Waals surface area contributed by atoms with E-state index in [1.165, 1.54) is 51.4 Å². The minimum atomic E-state index is -0.643. The molecule has 31 heavy (non-hydrogen) atoms. The Morgan fingerprint density at radius 3 is 2.58 bits per heavy atom. The van der Waals surface area contributed by atoms with Crippen LogP contribution in [0.1, 0.15) is 105 Å². The molecule has 4 aliphatic carbocycles. The molecule has 3 fully saturated rings. The third kappa shape index (κ3) is 4.36. The van der Waals surface area contributed by atoms with Crippen molar-refractivity contribution in [3.05, 3.63) is 11.6 Å². The maximum Gasteiger partial charge on any atom is 0.404 e. The van der Waals surface area contributed by atoms with E-state index in [1.807, 2.05) is 0 Å². The number of rotatable bonds is 6. The lowest BCUT2D eigenvalue weighted by molar-refractivity contribution is -0.0573. The Labute approximate surface area is 195 Å². The molecule has 0 N–H and O–H groups in total. The molecule has 2 nitrogen and oxygen atoms in total. The van der Waals surface area contributed by atoms with E-state index in [4.69, 9.17) is 16.3 Å². The van der Waals surface area contributed by atoms with Crippen molar-refractivity contribution in [1.82, 2.24) is 0 Å². The monoisotopic (exact) mass is 448 g/mol. The van der Waals surface area contributed by atoms with Gasteiger partial charge in [-0.05, 0) is 91.3 Å². The molecule has 3 heteroatoms. The average molecular weight is 449 g/mol. The lowest BCUT2D eigenvalue weighted by Crippen LogP contribution is -2.51. The summed E-state index contributed by atoms with van der Waals surface area (Å²) in [5.74, 6) is 5.19. The molecule has 3 saturated carbocycles. The highest BCUT2D eigenvalue weighted by Gasteiger charge is 2.59. The van der Waals surface area contributed by atoms with Gasteiger partial charge in [0.2, 0.25) is 0 Å². The molecule has 0 radical (unpaired) electrons. The zero-order valence-corrected chi connectivity index (χ0v) is 21.3. The van der Waals surface area contributed by atoms with Crippen LogP contribution in [-0.4, -0.2) is 11.5 Å². The third-order valence-corrected chi connectivity index (χ3v) is 10.6. The quantitative estimate of drug-likeness (QED) is 0.299. The van der Waals surface area contributed by atoms with Gasteiger partial charge >= 0.3 is 5.43 Å². The highest BCUT2D eigenvalue weighted by molar-refractivity contribution is 6.61. The molecule has 4 rings (SSSR count). The van der Waals surface area contributed by atoms with E-state index >= 15 is 0 Å². The van der Waals surface area contributed by atoms with E-state index in [9.17, 15) is 4.79 Å². The summed E-state index contributed by atoms with van der Waals surface area (Å²) in [7, 11) is 0. The van der Waals surface area contributed by atoms with Gasteiger partial charge in [0.15, 0.2) is 0 Å². The van der Waals surface area contributed by atoms with Crippen molar-refractivity contribution in [1.29, 1.82) is 0 Å². The number of hydrogen-bond donors (Lipinski definition) is 0. The summed E-state index contributed by atoms with van der Waals surface area (Å²) in [6.07, 6.45) is 16.7. The Bertz CT molecular complexity index is 699. The predicted molar refractivity (Wildman–Crippen MR) is 129 cm³/mol. The Morgan fingerprint density at radius 2 is 1.87 bits per heavy atom. The van der Waals surface area contributed by atoms with Crippen molar-refractivity contribution >= 4 is 17.0 Å². The first-order chi connectivity index (χ1) is 14.6. The molecule has 0 aromatic carbocycles. The second-order valence-electron chi connectivity index (χ2n) is 12.5. The van der Waals surface area contributed by atoms with Crippen LogP contribution in [0.3, 0.4) is 0 Å². The SMILES string of the molecule is CC(C)CCC[C@@H](C)[C@H]1CC[C@@H]2[C@@H]3CC=C4C[C@H](OC(=O)Cl)CC[C@]4(C)[C@H]3CC[C@@]21C. The van der Waals surface area contributed by atoms with Gasteiger partial charge in [0, 0.05) is 18.0 Å². The van der Waals surface area contributed by atoms with E-state index < -0.39 is 5.43 Å². The molecule has 0 unspecified atom stereocenters. The number of halogens is 1. The number of ether oxygens (including phenoxy) is 1. The van der Waals surface area contributed by atoms with Gasteiger partial charge in [-0.2, -0.15) is 0 Å². The van der Waals surface area contributed by atoms with Gasteiger partial charge in [-0.3, -0.25) is 0 Å². The second-order valence-corrected chi connectivity index (χ2v) is 12.8. The van der Waals surface area contributed by atoms with Crippen LogP contribution in [0.4, 0.5) is 4.79 Å². The molecule has 0 aromatic rings. The van der Waals surface area contributed by atoms with E-state index in [1.54, 1.807) is 5.57 Å². The average Bonchev–Trinajstić information content (AvgIpc) is 3.05. The predicted octanol–water partition coefficient (Wildman–Crippen LogP) is 8.77. The molecule has 0 bridgehead atoms. The largest absolute Gasteiger partial charge is 0.450 e. The zero-order chi connectivity index (χ0) is 22.4. The van der Waals surface area contributed by atoms with Gasteiger partial charge in [-0.15, -0.1) is 0 Å². The second kappa shape index (κ2) is 9.03. The summed E-state index contributed by atoms with van der Waals surface area (Å²) in [5.41, 5.74) is 1.77. The topological polar surface area (TPSA) is 26.3 Å². The molecule has 4 aliphatic rings. The van der Waals surface area contributed by atoms with Crippen LogP contribution >= 0.6 is 11.6 Å². The van der Waals surface area contributed by atoms with E-state index in [0.717, 1.165) is 54.8 Å². The molecule has 0 aliphatic heterocycles. The first-order valence-corrected chi connectivity index (χ1v) is 13.6. The summed E-state index contributed by atoms with van der Waals surface area (Å²) < 4.78 is 5.38. The van der Waals surface area contributed by atoms with Crippen LogP contribution < -0.4 is 0 Å². The normalized spacial score (nSPS) is 42.9. The third-order valence-electron chi connectivity index (χ3n) is 10.5. The van der Waals surface area contributed by atoms with Crippen molar-refractivity contribution in [2.45, 2.75) is 111 Å². The minimum Gasteiger partial charge on any atom is -0.450 e. The van der Waals surface area contributed by atoms with E-state index in [2.05, 4.69) is 40.7 Å². The Kier molecular flexibility index (Phi) is 6.89. The molecule has 0 spiro atoms. The Balaban J connectivity index is 1.47. The summed E-state index contributed by atoms with van der Waals surface area (Å²) in [4.78, 5) is 11.2. The fraction of sp³-hybridized carbons (Fsp3) is 0.893. The van der Waals surface area contributed by atoms with Crippen molar-refractivity contribution in [3.8, 4) is 0 Å². The zero-order valence-electron chi connectivity index (χ0n) is 20.6. The van der Waals surface area contributed by atoms with Crippen LogP contribution in [0.5, 0.6) is 0 Å². The van der Waals surface area contributed by atoms with Crippen molar-refractivity contribution < 1.29 is 9.53 Å². The molecule has 0 saturated heterocycles. The first-order valence-electron chi connectivity index (χ1n) is 13.2. The first kappa shape index (κ1) is 23.7.